The Hall–Kier alpha value is -1.51. The quantitative estimate of drug-likeness (QED) is 0.526. The van der Waals surface area contributed by atoms with Crippen molar-refractivity contribution in [3.63, 3.8) is 0 Å². The molecule has 0 radical (unpaired) electrons. The molecular weight excluding hydrogens is 278 g/mol. The Morgan fingerprint density at radius 3 is 2.43 bits per heavy atom. The Bertz CT molecular complexity index is 477. The van der Waals surface area contributed by atoms with Crippen LogP contribution in [0.3, 0.4) is 0 Å². The smallest absolute Gasteiger partial charge is 0.180 e. The molecule has 1 saturated heterocycles. The second-order valence-electron chi connectivity index (χ2n) is 4.77. The molecule has 0 aliphatic carbocycles. The molecule has 1 fully saturated rings. The van der Waals surface area contributed by atoms with Crippen LogP contribution in [0, 0.1) is 0 Å². The SMILES string of the molecule is COc1ccc(/C=N/[C@H]2C(O)O[C@H](CO)[C@H](O)[C@@H]2O)cc1. The summed E-state index contributed by atoms with van der Waals surface area (Å²) in [5.41, 5.74) is 0.744. The van der Waals surface area contributed by atoms with Crippen LogP contribution in [-0.2, 0) is 4.74 Å². The van der Waals surface area contributed by atoms with Crippen LogP contribution in [0.4, 0.5) is 0 Å². The minimum Gasteiger partial charge on any atom is -0.497 e. The summed E-state index contributed by atoms with van der Waals surface area (Å²) in [6, 6.07) is 6.00. The number of methoxy groups -OCH3 is 1. The zero-order chi connectivity index (χ0) is 15.4. The minimum atomic E-state index is -1.39. The van der Waals surface area contributed by atoms with Gasteiger partial charge in [0.25, 0.3) is 0 Å². The highest BCUT2D eigenvalue weighted by atomic mass is 16.6. The Morgan fingerprint density at radius 2 is 1.86 bits per heavy atom. The van der Waals surface area contributed by atoms with Gasteiger partial charge in [0.1, 0.15) is 30.1 Å². The molecule has 7 nitrogen and oxygen atoms in total. The van der Waals surface area contributed by atoms with E-state index in [9.17, 15) is 15.3 Å². The first-order valence-electron chi connectivity index (χ1n) is 6.54. The Balaban J connectivity index is 2.08. The fourth-order valence-electron chi connectivity index (χ4n) is 2.11. The molecule has 1 heterocycles. The third-order valence-electron chi connectivity index (χ3n) is 3.38. The van der Waals surface area contributed by atoms with Crippen LogP contribution < -0.4 is 4.74 Å². The van der Waals surface area contributed by atoms with E-state index in [-0.39, 0.29) is 0 Å². The predicted molar refractivity (Wildman–Crippen MR) is 74.4 cm³/mol. The van der Waals surface area contributed by atoms with Gasteiger partial charge in [-0.05, 0) is 29.8 Å². The maximum absolute atomic E-state index is 9.93. The lowest BCUT2D eigenvalue weighted by Gasteiger charge is -2.38. The van der Waals surface area contributed by atoms with Crippen LogP contribution in [0.1, 0.15) is 5.56 Å². The topological polar surface area (TPSA) is 112 Å². The number of rotatable bonds is 4. The lowest BCUT2D eigenvalue weighted by Crippen LogP contribution is -2.57. The van der Waals surface area contributed by atoms with Crippen molar-refractivity contribution in [1.29, 1.82) is 0 Å². The van der Waals surface area contributed by atoms with Gasteiger partial charge in [0.15, 0.2) is 6.29 Å². The first kappa shape index (κ1) is 15.9. The molecule has 5 atom stereocenters. The molecule has 0 spiro atoms. The van der Waals surface area contributed by atoms with Crippen LogP contribution in [0.5, 0.6) is 5.75 Å². The Labute approximate surface area is 122 Å². The molecule has 4 N–H and O–H groups in total. The number of aliphatic hydroxyl groups is 4. The van der Waals surface area contributed by atoms with E-state index in [0.717, 1.165) is 5.56 Å². The standard InChI is InChI=1S/C14H19NO6/c1-20-9-4-2-8(3-5-9)6-15-11-13(18)12(17)10(7-16)21-14(11)19/h2-6,10-14,16-19H,7H2,1H3/b15-6+/t10-,11-,12+,13-,14?/m1/s1. The van der Waals surface area contributed by atoms with Gasteiger partial charge in [-0.3, -0.25) is 4.99 Å². The van der Waals surface area contributed by atoms with Gasteiger partial charge in [0, 0.05) is 6.21 Å². The number of aliphatic hydroxyl groups excluding tert-OH is 4. The molecule has 1 aromatic rings. The molecule has 0 amide bonds. The number of hydrogen-bond donors (Lipinski definition) is 4. The van der Waals surface area contributed by atoms with E-state index < -0.39 is 37.3 Å². The third-order valence-corrected chi connectivity index (χ3v) is 3.38. The van der Waals surface area contributed by atoms with Crippen molar-refractivity contribution >= 4 is 6.21 Å². The molecule has 7 heteroatoms. The molecule has 1 unspecified atom stereocenters. The highest BCUT2D eigenvalue weighted by Crippen LogP contribution is 2.22. The summed E-state index contributed by atoms with van der Waals surface area (Å²) in [6.07, 6.45) is -3.58. The van der Waals surface area contributed by atoms with Crippen LogP contribution in [0.2, 0.25) is 0 Å². The maximum atomic E-state index is 9.93. The normalized spacial score (nSPS) is 33.3. The summed E-state index contributed by atoms with van der Waals surface area (Å²) in [5.74, 6) is 0.703. The van der Waals surface area contributed by atoms with Crippen molar-refractivity contribution in [2.45, 2.75) is 30.6 Å². The molecule has 0 saturated carbocycles. The lowest BCUT2D eigenvalue weighted by molar-refractivity contribution is -0.248. The Kier molecular flexibility index (Phi) is 5.27. The Morgan fingerprint density at radius 1 is 1.19 bits per heavy atom. The summed E-state index contributed by atoms with van der Waals surface area (Å²) >= 11 is 0. The first-order valence-corrected chi connectivity index (χ1v) is 6.54. The fraction of sp³-hybridized carbons (Fsp3) is 0.500. The van der Waals surface area contributed by atoms with Crippen LogP contribution >= 0.6 is 0 Å². The van der Waals surface area contributed by atoms with E-state index in [1.54, 1.807) is 31.4 Å². The van der Waals surface area contributed by atoms with Crippen LogP contribution in [0.25, 0.3) is 0 Å². The zero-order valence-corrected chi connectivity index (χ0v) is 11.5. The van der Waals surface area contributed by atoms with Crippen molar-refractivity contribution in [2.24, 2.45) is 4.99 Å². The van der Waals surface area contributed by atoms with E-state index in [4.69, 9.17) is 14.6 Å². The average Bonchev–Trinajstić information content (AvgIpc) is 2.51. The van der Waals surface area contributed by atoms with Gasteiger partial charge in [0.05, 0.1) is 13.7 Å². The van der Waals surface area contributed by atoms with Crippen LogP contribution in [-0.4, -0.2) is 71.0 Å². The number of aliphatic imine (C=N–C) groups is 1. The van der Waals surface area contributed by atoms with E-state index in [0.29, 0.717) is 5.75 Å². The van der Waals surface area contributed by atoms with Crippen molar-refractivity contribution in [3.8, 4) is 5.75 Å². The van der Waals surface area contributed by atoms with Crippen molar-refractivity contribution in [2.75, 3.05) is 13.7 Å². The summed E-state index contributed by atoms with van der Waals surface area (Å²) in [6.45, 7) is -0.496. The molecule has 1 aliphatic rings. The van der Waals surface area contributed by atoms with Gasteiger partial charge in [-0.15, -0.1) is 0 Å². The maximum Gasteiger partial charge on any atom is 0.180 e. The molecule has 1 aliphatic heterocycles. The molecule has 2 rings (SSSR count). The van der Waals surface area contributed by atoms with Crippen LogP contribution in [0.15, 0.2) is 29.3 Å². The largest absolute Gasteiger partial charge is 0.497 e. The molecule has 1 aromatic carbocycles. The first-order chi connectivity index (χ1) is 10.1. The average molecular weight is 297 g/mol. The second kappa shape index (κ2) is 6.97. The second-order valence-corrected chi connectivity index (χ2v) is 4.77. The van der Waals surface area contributed by atoms with Crippen molar-refractivity contribution in [3.05, 3.63) is 29.8 Å². The van der Waals surface area contributed by atoms with Crippen molar-refractivity contribution in [1.82, 2.24) is 0 Å². The van der Waals surface area contributed by atoms with Gasteiger partial charge < -0.3 is 29.9 Å². The molecule has 21 heavy (non-hydrogen) atoms. The number of nitrogens with zero attached hydrogens (tertiary/aromatic N) is 1. The van der Waals surface area contributed by atoms with Gasteiger partial charge >= 0.3 is 0 Å². The molecule has 116 valence electrons. The molecule has 0 bridgehead atoms. The van der Waals surface area contributed by atoms with E-state index in [1.807, 2.05) is 0 Å². The van der Waals surface area contributed by atoms with Gasteiger partial charge in [-0.25, -0.2) is 0 Å². The lowest BCUT2D eigenvalue weighted by atomic mass is 9.97. The number of ether oxygens (including phenoxy) is 2. The summed E-state index contributed by atoms with van der Waals surface area (Å²) < 4.78 is 10.1. The summed E-state index contributed by atoms with van der Waals surface area (Å²) in [4.78, 5) is 4.06. The summed E-state index contributed by atoms with van der Waals surface area (Å²) in [7, 11) is 1.56. The number of benzene rings is 1. The van der Waals surface area contributed by atoms with Gasteiger partial charge in [-0.1, -0.05) is 0 Å². The van der Waals surface area contributed by atoms with Crippen molar-refractivity contribution < 1.29 is 29.9 Å². The zero-order valence-electron chi connectivity index (χ0n) is 11.5. The van der Waals surface area contributed by atoms with E-state index >= 15 is 0 Å². The monoisotopic (exact) mass is 297 g/mol. The molecular formula is C14H19NO6. The highest BCUT2D eigenvalue weighted by Gasteiger charge is 2.43. The third kappa shape index (κ3) is 3.58. The predicted octanol–water partition coefficient (Wildman–Crippen LogP) is -1.09. The van der Waals surface area contributed by atoms with E-state index in [2.05, 4.69) is 4.99 Å². The van der Waals surface area contributed by atoms with Gasteiger partial charge in [-0.2, -0.15) is 0 Å². The highest BCUT2D eigenvalue weighted by molar-refractivity contribution is 5.79. The van der Waals surface area contributed by atoms with Gasteiger partial charge in [0.2, 0.25) is 0 Å². The summed E-state index contributed by atoms with van der Waals surface area (Å²) in [5, 5.41) is 38.5. The fourth-order valence-corrected chi connectivity index (χ4v) is 2.11. The minimum absolute atomic E-state index is 0.496. The van der Waals surface area contributed by atoms with E-state index in [1.165, 1.54) is 6.21 Å². The number of hydrogen-bond acceptors (Lipinski definition) is 7. The molecule has 0 aromatic heterocycles.